The largest absolute Gasteiger partial charge is 0.508 e. The Labute approximate surface area is 186 Å². The fourth-order valence-electron chi connectivity index (χ4n) is 5.69. The standard InChI is InChI=1S/C28H36O3/c1-2-3-5-12-23(31-19-20-9-6-4-7-10-20)14-15-24-25-16-21-11-8-13-27(29)26(21)17-22(25)18-28(24)30/h4,6-11,13,22-25,29H,2-3,5,12,14-19H2,1H3/t22?,23?,24-,25?/m0/s1. The predicted octanol–water partition coefficient (Wildman–Crippen LogP) is 6.26. The van der Waals surface area contributed by atoms with Crippen LogP contribution in [0.3, 0.4) is 0 Å². The Kier molecular flexibility index (Phi) is 7.45. The van der Waals surface area contributed by atoms with Crippen LogP contribution >= 0.6 is 0 Å². The zero-order chi connectivity index (χ0) is 21.6. The lowest BCUT2D eigenvalue weighted by Gasteiger charge is -2.31. The fourth-order valence-corrected chi connectivity index (χ4v) is 5.69. The summed E-state index contributed by atoms with van der Waals surface area (Å²) >= 11 is 0. The van der Waals surface area contributed by atoms with Crippen molar-refractivity contribution < 1.29 is 14.6 Å². The number of aromatic hydroxyl groups is 1. The number of unbranched alkanes of at least 4 members (excludes halogenated alkanes) is 2. The van der Waals surface area contributed by atoms with Crippen molar-refractivity contribution in [2.45, 2.75) is 77.4 Å². The molecule has 0 saturated heterocycles. The average molecular weight is 421 g/mol. The van der Waals surface area contributed by atoms with E-state index >= 15 is 0 Å². The van der Waals surface area contributed by atoms with Crippen LogP contribution in [0.2, 0.25) is 0 Å². The number of fused-ring (bicyclic) bond motifs is 2. The first-order chi connectivity index (χ1) is 15.2. The van der Waals surface area contributed by atoms with Crippen molar-refractivity contribution in [2.24, 2.45) is 17.8 Å². The Morgan fingerprint density at radius 3 is 2.65 bits per heavy atom. The van der Waals surface area contributed by atoms with Crippen molar-refractivity contribution >= 4 is 5.78 Å². The second-order valence-electron chi connectivity index (χ2n) is 9.52. The Morgan fingerprint density at radius 2 is 1.84 bits per heavy atom. The molecular formula is C28H36O3. The van der Waals surface area contributed by atoms with E-state index in [0.717, 1.165) is 37.7 Å². The van der Waals surface area contributed by atoms with Gasteiger partial charge in [-0.1, -0.05) is 68.7 Å². The second-order valence-corrected chi connectivity index (χ2v) is 9.52. The van der Waals surface area contributed by atoms with Gasteiger partial charge in [0, 0.05) is 12.3 Å². The van der Waals surface area contributed by atoms with Crippen LogP contribution in [-0.4, -0.2) is 17.0 Å². The number of benzene rings is 2. The van der Waals surface area contributed by atoms with Crippen molar-refractivity contribution in [3.8, 4) is 5.75 Å². The molecule has 3 nitrogen and oxygen atoms in total. The van der Waals surface area contributed by atoms with E-state index < -0.39 is 0 Å². The maximum Gasteiger partial charge on any atom is 0.136 e. The lowest BCUT2D eigenvalue weighted by Crippen LogP contribution is -2.27. The maximum atomic E-state index is 12.9. The third kappa shape index (κ3) is 5.38. The number of ether oxygens (including phenoxy) is 1. The zero-order valence-electron chi connectivity index (χ0n) is 18.8. The fraction of sp³-hybridized carbons (Fsp3) is 0.536. The second kappa shape index (κ2) is 10.5. The summed E-state index contributed by atoms with van der Waals surface area (Å²) in [6.45, 7) is 2.88. The van der Waals surface area contributed by atoms with E-state index in [4.69, 9.17) is 4.74 Å². The van der Waals surface area contributed by atoms with Crippen molar-refractivity contribution in [2.75, 3.05) is 0 Å². The van der Waals surface area contributed by atoms with Crippen molar-refractivity contribution in [3.63, 3.8) is 0 Å². The van der Waals surface area contributed by atoms with Gasteiger partial charge in [0.25, 0.3) is 0 Å². The molecule has 2 aliphatic carbocycles. The summed E-state index contributed by atoms with van der Waals surface area (Å²) in [5, 5.41) is 10.2. The monoisotopic (exact) mass is 420 g/mol. The van der Waals surface area contributed by atoms with Gasteiger partial charge in [0.1, 0.15) is 11.5 Å². The molecule has 4 atom stereocenters. The molecule has 0 aromatic heterocycles. The van der Waals surface area contributed by atoms with Gasteiger partial charge in [0.2, 0.25) is 0 Å². The number of carbonyl (C=O) groups excluding carboxylic acids is 1. The average Bonchev–Trinajstić information content (AvgIpc) is 3.09. The zero-order valence-corrected chi connectivity index (χ0v) is 18.8. The summed E-state index contributed by atoms with van der Waals surface area (Å²) in [4.78, 5) is 12.9. The van der Waals surface area contributed by atoms with E-state index in [2.05, 4.69) is 37.3 Å². The molecule has 2 aromatic rings. The Bertz CT molecular complexity index is 860. The Balaban J connectivity index is 1.38. The molecule has 0 radical (unpaired) electrons. The number of ketones is 1. The van der Waals surface area contributed by atoms with Crippen LogP contribution in [0, 0.1) is 17.8 Å². The summed E-state index contributed by atoms with van der Waals surface area (Å²) in [6.07, 6.45) is 9.27. The van der Waals surface area contributed by atoms with Gasteiger partial charge in [-0.05, 0) is 66.7 Å². The molecule has 31 heavy (non-hydrogen) atoms. The molecule has 2 aromatic carbocycles. The molecule has 3 unspecified atom stereocenters. The van der Waals surface area contributed by atoms with E-state index in [0.29, 0.717) is 36.4 Å². The van der Waals surface area contributed by atoms with Crippen LogP contribution in [0.15, 0.2) is 48.5 Å². The first kappa shape index (κ1) is 22.1. The van der Waals surface area contributed by atoms with Crippen LogP contribution in [0.4, 0.5) is 0 Å². The van der Waals surface area contributed by atoms with Crippen LogP contribution in [-0.2, 0) is 29.0 Å². The number of carbonyl (C=O) groups is 1. The smallest absolute Gasteiger partial charge is 0.136 e. The van der Waals surface area contributed by atoms with E-state index in [9.17, 15) is 9.90 Å². The maximum absolute atomic E-state index is 12.9. The highest BCUT2D eigenvalue weighted by molar-refractivity contribution is 5.84. The quantitative estimate of drug-likeness (QED) is 0.462. The van der Waals surface area contributed by atoms with E-state index in [1.807, 2.05) is 12.1 Å². The highest BCUT2D eigenvalue weighted by atomic mass is 16.5. The molecule has 0 heterocycles. The number of phenolic OH excluding ortho intramolecular Hbond substituents is 1. The number of Topliss-reactive ketones (excluding diaryl/α,β-unsaturated/α-hetero) is 1. The van der Waals surface area contributed by atoms with Crippen LogP contribution in [0.1, 0.15) is 68.6 Å². The minimum absolute atomic E-state index is 0.148. The predicted molar refractivity (Wildman–Crippen MR) is 124 cm³/mol. The van der Waals surface area contributed by atoms with Crippen molar-refractivity contribution in [3.05, 3.63) is 65.2 Å². The third-order valence-corrected chi connectivity index (χ3v) is 7.43. The molecular weight excluding hydrogens is 384 g/mol. The molecule has 2 aliphatic rings. The lowest BCUT2D eigenvalue weighted by molar-refractivity contribution is -0.121. The number of hydrogen-bond acceptors (Lipinski definition) is 3. The summed E-state index contributed by atoms with van der Waals surface area (Å²) < 4.78 is 6.33. The molecule has 0 bridgehead atoms. The van der Waals surface area contributed by atoms with Crippen molar-refractivity contribution in [1.29, 1.82) is 0 Å². The molecule has 1 saturated carbocycles. The summed E-state index contributed by atoms with van der Waals surface area (Å²) in [5.74, 6) is 1.79. The summed E-state index contributed by atoms with van der Waals surface area (Å²) in [6, 6.07) is 16.2. The molecule has 0 spiro atoms. The molecule has 3 heteroatoms. The molecule has 0 aliphatic heterocycles. The van der Waals surface area contributed by atoms with Crippen LogP contribution in [0.25, 0.3) is 0 Å². The first-order valence-electron chi connectivity index (χ1n) is 12.1. The first-order valence-corrected chi connectivity index (χ1v) is 12.1. The van der Waals surface area contributed by atoms with Gasteiger partial charge in [0.15, 0.2) is 0 Å². The molecule has 166 valence electrons. The minimum Gasteiger partial charge on any atom is -0.508 e. The van der Waals surface area contributed by atoms with Gasteiger partial charge in [-0.2, -0.15) is 0 Å². The normalized spacial score (nSPS) is 23.4. The lowest BCUT2D eigenvalue weighted by atomic mass is 9.73. The molecule has 1 N–H and O–H groups in total. The summed E-state index contributed by atoms with van der Waals surface area (Å²) in [5.41, 5.74) is 3.52. The van der Waals surface area contributed by atoms with Gasteiger partial charge < -0.3 is 9.84 Å². The SMILES string of the molecule is CCCCCC(CC[C@@H]1C(=O)CC2Cc3c(O)cccc3CC21)OCc1ccccc1. The molecule has 0 amide bonds. The van der Waals surface area contributed by atoms with Crippen LogP contribution < -0.4 is 0 Å². The van der Waals surface area contributed by atoms with Gasteiger partial charge in [-0.3, -0.25) is 4.79 Å². The van der Waals surface area contributed by atoms with Crippen molar-refractivity contribution in [1.82, 2.24) is 0 Å². The number of rotatable bonds is 10. The van der Waals surface area contributed by atoms with Gasteiger partial charge in [-0.25, -0.2) is 0 Å². The highest BCUT2D eigenvalue weighted by Crippen LogP contribution is 2.46. The van der Waals surface area contributed by atoms with Crippen LogP contribution in [0.5, 0.6) is 5.75 Å². The number of hydrogen-bond donors (Lipinski definition) is 1. The minimum atomic E-state index is 0.148. The van der Waals surface area contributed by atoms with Gasteiger partial charge in [0.05, 0.1) is 12.7 Å². The highest BCUT2D eigenvalue weighted by Gasteiger charge is 2.44. The third-order valence-electron chi connectivity index (χ3n) is 7.43. The molecule has 1 fully saturated rings. The van der Waals surface area contributed by atoms with E-state index in [1.165, 1.54) is 30.4 Å². The van der Waals surface area contributed by atoms with E-state index in [-0.39, 0.29) is 12.0 Å². The number of phenols is 1. The Morgan fingerprint density at radius 1 is 1.00 bits per heavy atom. The van der Waals surface area contributed by atoms with Gasteiger partial charge in [-0.15, -0.1) is 0 Å². The topological polar surface area (TPSA) is 46.5 Å². The summed E-state index contributed by atoms with van der Waals surface area (Å²) in [7, 11) is 0. The molecule has 4 rings (SSSR count). The van der Waals surface area contributed by atoms with Gasteiger partial charge >= 0.3 is 0 Å². The van der Waals surface area contributed by atoms with E-state index in [1.54, 1.807) is 6.07 Å². The Hall–Kier alpha value is -2.13.